The summed E-state index contributed by atoms with van der Waals surface area (Å²) in [5, 5.41) is 1.56. The minimum atomic E-state index is -2.08. The average Bonchev–Trinajstić information content (AvgIpc) is 3.34. The molecule has 0 aliphatic rings. The number of aryl methyl sites for hydroxylation is 1. The Bertz CT molecular complexity index is 1870. The zero-order valence-electron chi connectivity index (χ0n) is 27.6. The molecule has 0 spiro atoms. The zero-order valence-corrected chi connectivity index (χ0v) is 28.1. The number of aromatic nitrogens is 2. The Kier molecular flexibility index (Phi) is 7.99. The van der Waals surface area contributed by atoms with Gasteiger partial charge in [-0.2, -0.15) is 0 Å². The number of pyridine rings is 2. The van der Waals surface area contributed by atoms with Crippen LogP contribution in [0.3, 0.4) is 0 Å². The molecule has 3 aromatic carbocycles. The van der Waals surface area contributed by atoms with E-state index in [4.69, 9.17) is 9.90 Å². The second kappa shape index (κ2) is 12.8. The first-order valence-corrected chi connectivity index (χ1v) is 20.4. The predicted molar refractivity (Wildman–Crippen MR) is 166 cm³/mol. The number of halogens is 1. The number of benzene rings is 3. The van der Waals surface area contributed by atoms with E-state index in [2.05, 4.69) is 45.4 Å². The van der Waals surface area contributed by atoms with Gasteiger partial charge in [-0.3, -0.25) is 0 Å². The van der Waals surface area contributed by atoms with Gasteiger partial charge in [-0.1, -0.05) is 36.4 Å². The fourth-order valence-corrected chi connectivity index (χ4v) is 6.54. The normalized spacial score (nSPS) is 13.3. The van der Waals surface area contributed by atoms with Crippen LogP contribution in [-0.2, 0) is 20.1 Å². The Hall–Kier alpha value is -3.12. The molecule has 0 saturated heterocycles. The molecule has 0 atom stereocenters. The smallest absolute Gasteiger partial charge is 0 e. The van der Waals surface area contributed by atoms with Crippen molar-refractivity contribution in [3.05, 3.63) is 114 Å². The third-order valence-corrected chi connectivity index (χ3v) is 11.0. The molecule has 6 heteroatoms. The van der Waals surface area contributed by atoms with Crippen molar-refractivity contribution in [2.75, 3.05) is 0 Å². The van der Waals surface area contributed by atoms with Crippen LogP contribution in [0.4, 0.5) is 4.39 Å². The molecule has 0 N–H and O–H groups in total. The van der Waals surface area contributed by atoms with Crippen LogP contribution >= 0.6 is 0 Å². The number of hydrogen-bond acceptors (Lipinski definition) is 3. The Balaban J connectivity index is 0.000000204. The van der Waals surface area contributed by atoms with Crippen LogP contribution in [-0.4, -0.2) is 23.2 Å². The molecule has 41 heavy (non-hydrogen) atoms. The van der Waals surface area contributed by atoms with Crippen LogP contribution < -0.4 is 4.40 Å². The van der Waals surface area contributed by atoms with E-state index >= 15 is 0 Å². The van der Waals surface area contributed by atoms with Crippen molar-refractivity contribution in [1.82, 2.24) is 9.97 Å². The molecule has 1 radical (unpaired) electrons. The molecule has 0 fully saturated rings. The average molecular weight is 786 g/mol. The maximum Gasteiger partial charge on any atom is 0 e. The largest absolute Gasteiger partial charge is 0 e. The summed E-state index contributed by atoms with van der Waals surface area (Å²) >= 11 is -1.83. The summed E-state index contributed by atoms with van der Waals surface area (Å²) in [6.45, 7) is 1.59. The summed E-state index contributed by atoms with van der Waals surface area (Å²) in [6.07, 6.45) is 3.64. The van der Waals surface area contributed by atoms with Crippen molar-refractivity contribution in [1.29, 1.82) is 0 Å². The second-order valence-electron chi connectivity index (χ2n) is 10.9. The van der Waals surface area contributed by atoms with Gasteiger partial charge in [-0.15, -0.1) is 18.2 Å². The van der Waals surface area contributed by atoms with Gasteiger partial charge in [0.2, 0.25) is 0 Å². The molecule has 3 nitrogen and oxygen atoms in total. The number of fused-ring (bicyclic) bond motifs is 3. The van der Waals surface area contributed by atoms with Crippen LogP contribution in [0.25, 0.3) is 44.5 Å². The van der Waals surface area contributed by atoms with E-state index in [1.54, 1.807) is 30.5 Å². The Morgan fingerprint density at radius 1 is 0.927 bits per heavy atom. The monoisotopic (exact) mass is 787 g/mol. The molecule has 211 valence electrons. The first-order valence-electron chi connectivity index (χ1n) is 15.1. The summed E-state index contributed by atoms with van der Waals surface area (Å²) < 4.78 is 51.1. The van der Waals surface area contributed by atoms with E-state index in [1.165, 1.54) is 22.6 Å². The third kappa shape index (κ3) is 7.03. The molecule has 6 rings (SSSR count). The van der Waals surface area contributed by atoms with Crippen molar-refractivity contribution in [3.8, 4) is 22.5 Å². The summed E-state index contributed by atoms with van der Waals surface area (Å²) in [4.78, 5) is 8.89. The summed E-state index contributed by atoms with van der Waals surface area (Å²) in [5.41, 5.74) is 5.49. The summed E-state index contributed by atoms with van der Waals surface area (Å²) in [5.74, 6) is 5.97. The van der Waals surface area contributed by atoms with E-state index < -0.39 is 26.0 Å². The second-order valence-corrected chi connectivity index (χ2v) is 21.6. The van der Waals surface area contributed by atoms with Crippen molar-refractivity contribution in [2.24, 2.45) is 0 Å². The van der Waals surface area contributed by atoms with Crippen molar-refractivity contribution >= 4 is 39.6 Å². The SMILES string of the molecule is [2H]C(C)(C)c1ccnc(-c2[c-]ccc3c2oc2ccc(F)cc23)c1.[2H]C([2H])([2H])c1c[c-]c(-c2cc[c]([Ge]([CH3])([CH3])[CH3])cn2)cc1.[Ir]. The molecule has 0 aliphatic carbocycles. The van der Waals surface area contributed by atoms with Crippen LogP contribution in [0.15, 0.2) is 89.6 Å². The van der Waals surface area contributed by atoms with Crippen molar-refractivity contribution < 1.29 is 34.4 Å². The quantitative estimate of drug-likeness (QED) is 0.132. The van der Waals surface area contributed by atoms with Crippen LogP contribution in [0.1, 0.15) is 36.4 Å². The molecule has 0 amide bonds. The number of hydrogen-bond donors (Lipinski definition) is 0. The molecule has 0 unspecified atom stereocenters. The van der Waals surface area contributed by atoms with Gasteiger partial charge in [0, 0.05) is 33.1 Å². The zero-order chi connectivity index (χ0) is 31.9. The predicted octanol–water partition coefficient (Wildman–Crippen LogP) is 9.11. The minimum Gasteiger partial charge on any atom is 0 e. The Morgan fingerprint density at radius 3 is 2.41 bits per heavy atom. The van der Waals surface area contributed by atoms with E-state index in [0.717, 1.165) is 33.2 Å². The molecule has 0 bridgehead atoms. The maximum atomic E-state index is 13.6. The van der Waals surface area contributed by atoms with Gasteiger partial charge in [0.05, 0.1) is 5.58 Å². The van der Waals surface area contributed by atoms with E-state index in [1.807, 2.05) is 44.3 Å². The Morgan fingerprint density at radius 2 is 1.76 bits per heavy atom. The van der Waals surface area contributed by atoms with E-state index in [9.17, 15) is 4.39 Å². The fraction of sp³-hybridized carbons (Fsp3) is 0.200. The molecule has 3 heterocycles. The van der Waals surface area contributed by atoms with Crippen LogP contribution in [0.2, 0.25) is 17.3 Å². The maximum absolute atomic E-state index is 13.6. The van der Waals surface area contributed by atoms with Crippen molar-refractivity contribution in [3.63, 3.8) is 0 Å². The first-order chi connectivity index (χ1) is 20.6. The molecule has 6 aromatic rings. The number of furan rings is 1. The van der Waals surface area contributed by atoms with Gasteiger partial charge < -0.3 is 9.40 Å². The molecule has 0 saturated carbocycles. The molecule has 3 aromatic heterocycles. The van der Waals surface area contributed by atoms with E-state index in [0.29, 0.717) is 22.4 Å². The molecular formula is C35H33FGeIrN2O-2. The standard InChI is InChI=1S/C20H15FNO.C15H18GeN.Ir/c1-12(2)13-8-9-22-18(10-13)16-5-3-4-15-17-11-14(21)6-7-19(17)23-20(15)16;1-12-5-7-13(8-6-12)15-10-9-14(11-17-15)16(2,3)4;/h3-4,6-12H,1-2H3;5-7,9-11H,1-4H3;/q2*-1;/i12D;1D3;. The summed E-state index contributed by atoms with van der Waals surface area (Å²) in [7, 11) is 0. The van der Waals surface area contributed by atoms with Gasteiger partial charge >= 0.3 is 110 Å². The Labute approximate surface area is 263 Å². The minimum absolute atomic E-state index is 0. The topological polar surface area (TPSA) is 38.9 Å². The van der Waals surface area contributed by atoms with Gasteiger partial charge in [0.25, 0.3) is 0 Å². The van der Waals surface area contributed by atoms with Gasteiger partial charge in [0.15, 0.2) is 0 Å². The van der Waals surface area contributed by atoms with Crippen LogP contribution in [0, 0.1) is 24.8 Å². The van der Waals surface area contributed by atoms with E-state index in [-0.39, 0.29) is 25.9 Å². The fourth-order valence-electron chi connectivity index (χ4n) is 4.36. The summed E-state index contributed by atoms with van der Waals surface area (Å²) in [6, 6.07) is 27.1. The molecular weight excluding hydrogens is 748 g/mol. The first kappa shape index (κ1) is 25.6. The number of nitrogens with zero attached hydrogens (tertiary/aromatic N) is 2. The number of rotatable bonds is 4. The van der Waals surface area contributed by atoms with Crippen LogP contribution in [0.5, 0.6) is 0 Å². The molecule has 0 aliphatic heterocycles. The van der Waals surface area contributed by atoms with Gasteiger partial charge in [-0.25, -0.2) is 4.39 Å². The third-order valence-electron chi connectivity index (χ3n) is 6.70. The van der Waals surface area contributed by atoms with Gasteiger partial charge in [-0.05, 0) is 35.9 Å². The van der Waals surface area contributed by atoms with Crippen molar-refractivity contribution in [2.45, 2.75) is 43.9 Å². The van der Waals surface area contributed by atoms with Gasteiger partial charge in [0.1, 0.15) is 11.4 Å².